The second-order valence-corrected chi connectivity index (χ2v) is 4.68. The molecule has 1 aromatic rings. The van der Waals surface area contributed by atoms with E-state index in [9.17, 15) is 9.59 Å². The number of hydrogen-bond acceptors (Lipinski definition) is 3. The summed E-state index contributed by atoms with van der Waals surface area (Å²) < 4.78 is 5.34. The molecular formula is C14H17NO3. The first kappa shape index (κ1) is 12.6. The Balaban J connectivity index is 2.41. The van der Waals surface area contributed by atoms with Crippen molar-refractivity contribution in [2.24, 2.45) is 0 Å². The van der Waals surface area contributed by atoms with Crippen LogP contribution in [-0.4, -0.2) is 18.9 Å². The summed E-state index contributed by atoms with van der Waals surface area (Å²) in [5, 5.41) is 2.38. The summed E-state index contributed by atoms with van der Waals surface area (Å²) in [6, 6.07) is 3.92. The van der Waals surface area contributed by atoms with E-state index in [0.717, 1.165) is 16.7 Å². The SMILES string of the molecule is COc1cc(C)c(C)cc1C1CCC(=O)NC1=O. The fourth-order valence-electron chi connectivity index (χ4n) is 2.25. The molecule has 1 atom stereocenters. The maximum absolute atomic E-state index is 11.9. The number of rotatable bonds is 2. The van der Waals surface area contributed by atoms with E-state index in [1.807, 2.05) is 26.0 Å². The average Bonchev–Trinajstić information content (AvgIpc) is 2.32. The number of carbonyl (C=O) groups is 2. The molecule has 1 aliphatic rings. The van der Waals surface area contributed by atoms with E-state index in [1.54, 1.807) is 7.11 Å². The molecule has 4 nitrogen and oxygen atoms in total. The quantitative estimate of drug-likeness (QED) is 0.811. The van der Waals surface area contributed by atoms with Crippen molar-refractivity contribution in [2.75, 3.05) is 7.11 Å². The van der Waals surface area contributed by atoms with Gasteiger partial charge in [0.05, 0.1) is 13.0 Å². The molecule has 18 heavy (non-hydrogen) atoms. The van der Waals surface area contributed by atoms with Gasteiger partial charge in [0.2, 0.25) is 11.8 Å². The summed E-state index contributed by atoms with van der Waals surface area (Å²) in [4.78, 5) is 23.0. The molecule has 0 spiro atoms. The molecule has 96 valence electrons. The van der Waals surface area contributed by atoms with E-state index in [-0.39, 0.29) is 17.7 Å². The predicted molar refractivity (Wildman–Crippen MR) is 67.6 cm³/mol. The topological polar surface area (TPSA) is 55.4 Å². The number of methoxy groups -OCH3 is 1. The van der Waals surface area contributed by atoms with E-state index in [0.29, 0.717) is 18.6 Å². The molecule has 4 heteroatoms. The van der Waals surface area contributed by atoms with Crippen LogP contribution in [0.1, 0.15) is 35.4 Å². The molecule has 0 aliphatic carbocycles. The highest BCUT2D eigenvalue weighted by molar-refractivity contribution is 6.01. The first-order valence-corrected chi connectivity index (χ1v) is 6.01. The molecule has 1 aliphatic heterocycles. The van der Waals surface area contributed by atoms with Crippen molar-refractivity contribution in [3.8, 4) is 5.75 Å². The van der Waals surface area contributed by atoms with E-state index < -0.39 is 0 Å². The van der Waals surface area contributed by atoms with Crippen LogP contribution >= 0.6 is 0 Å². The van der Waals surface area contributed by atoms with Crippen LogP contribution in [0.5, 0.6) is 5.75 Å². The number of carbonyl (C=O) groups excluding carboxylic acids is 2. The summed E-state index contributed by atoms with van der Waals surface area (Å²) in [7, 11) is 1.60. The van der Waals surface area contributed by atoms with Crippen LogP contribution in [0.3, 0.4) is 0 Å². The molecule has 1 aromatic carbocycles. The minimum Gasteiger partial charge on any atom is -0.496 e. The molecule has 1 unspecified atom stereocenters. The van der Waals surface area contributed by atoms with Crippen molar-refractivity contribution < 1.29 is 14.3 Å². The van der Waals surface area contributed by atoms with Gasteiger partial charge in [0.25, 0.3) is 0 Å². The Labute approximate surface area is 106 Å². The van der Waals surface area contributed by atoms with Crippen molar-refractivity contribution in [1.29, 1.82) is 0 Å². The lowest BCUT2D eigenvalue weighted by Gasteiger charge is -2.23. The summed E-state index contributed by atoms with van der Waals surface area (Å²) in [6.07, 6.45) is 0.927. The lowest BCUT2D eigenvalue weighted by atomic mass is 9.88. The number of ether oxygens (including phenoxy) is 1. The smallest absolute Gasteiger partial charge is 0.234 e. The van der Waals surface area contributed by atoms with E-state index in [1.165, 1.54) is 0 Å². The number of imide groups is 1. The Morgan fingerprint density at radius 3 is 2.50 bits per heavy atom. The van der Waals surface area contributed by atoms with Crippen LogP contribution < -0.4 is 10.1 Å². The van der Waals surface area contributed by atoms with Gasteiger partial charge < -0.3 is 4.74 Å². The van der Waals surface area contributed by atoms with E-state index in [2.05, 4.69) is 5.32 Å². The van der Waals surface area contributed by atoms with E-state index in [4.69, 9.17) is 4.74 Å². The molecule has 0 bridgehead atoms. The fraction of sp³-hybridized carbons (Fsp3) is 0.429. The van der Waals surface area contributed by atoms with Crippen molar-refractivity contribution in [2.45, 2.75) is 32.6 Å². The summed E-state index contributed by atoms with van der Waals surface area (Å²) in [6.45, 7) is 4.01. The highest BCUT2D eigenvalue weighted by Gasteiger charge is 2.30. The van der Waals surface area contributed by atoms with Gasteiger partial charge >= 0.3 is 0 Å². The lowest BCUT2D eigenvalue weighted by Crippen LogP contribution is -2.39. The number of aryl methyl sites for hydroxylation is 2. The van der Waals surface area contributed by atoms with E-state index >= 15 is 0 Å². The van der Waals surface area contributed by atoms with Gasteiger partial charge in [-0.05, 0) is 37.5 Å². The van der Waals surface area contributed by atoms with Gasteiger partial charge in [-0.25, -0.2) is 0 Å². The number of benzene rings is 1. The number of nitrogens with one attached hydrogen (secondary N) is 1. The summed E-state index contributed by atoms with van der Waals surface area (Å²) in [5.41, 5.74) is 3.11. The Morgan fingerprint density at radius 2 is 1.89 bits per heavy atom. The van der Waals surface area contributed by atoms with Gasteiger partial charge in [-0.1, -0.05) is 6.07 Å². The molecule has 1 heterocycles. The van der Waals surface area contributed by atoms with Crippen LogP contribution in [0.2, 0.25) is 0 Å². The third-order valence-corrected chi connectivity index (χ3v) is 3.46. The maximum Gasteiger partial charge on any atom is 0.234 e. The van der Waals surface area contributed by atoms with Crippen LogP contribution in [0.25, 0.3) is 0 Å². The fourth-order valence-corrected chi connectivity index (χ4v) is 2.25. The third kappa shape index (κ3) is 2.23. The highest BCUT2D eigenvalue weighted by Crippen LogP contribution is 2.33. The molecule has 1 N–H and O–H groups in total. The molecular weight excluding hydrogens is 230 g/mol. The highest BCUT2D eigenvalue weighted by atomic mass is 16.5. The summed E-state index contributed by atoms with van der Waals surface area (Å²) in [5.74, 6) is -0.00333. The molecule has 2 rings (SSSR count). The number of hydrogen-bond donors (Lipinski definition) is 1. The lowest BCUT2D eigenvalue weighted by molar-refractivity contribution is -0.134. The van der Waals surface area contributed by atoms with Gasteiger partial charge in [-0.2, -0.15) is 0 Å². The zero-order valence-electron chi connectivity index (χ0n) is 10.9. The second-order valence-electron chi connectivity index (χ2n) is 4.68. The summed E-state index contributed by atoms with van der Waals surface area (Å²) >= 11 is 0. The third-order valence-electron chi connectivity index (χ3n) is 3.46. The van der Waals surface area contributed by atoms with Crippen LogP contribution in [0.15, 0.2) is 12.1 Å². The molecule has 0 radical (unpaired) electrons. The Morgan fingerprint density at radius 1 is 1.22 bits per heavy atom. The minimum atomic E-state index is -0.294. The Kier molecular flexibility index (Phi) is 3.36. The van der Waals surface area contributed by atoms with Gasteiger partial charge in [-0.15, -0.1) is 0 Å². The Bertz CT molecular complexity index is 508. The van der Waals surface area contributed by atoms with Gasteiger partial charge in [0.15, 0.2) is 0 Å². The van der Waals surface area contributed by atoms with Crippen molar-refractivity contribution in [1.82, 2.24) is 5.32 Å². The van der Waals surface area contributed by atoms with Crippen LogP contribution in [0, 0.1) is 13.8 Å². The molecule has 2 amide bonds. The molecule has 0 aromatic heterocycles. The van der Waals surface area contributed by atoms with Crippen molar-refractivity contribution >= 4 is 11.8 Å². The zero-order chi connectivity index (χ0) is 13.3. The Hall–Kier alpha value is -1.84. The molecule has 1 saturated heterocycles. The molecule has 0 saturated carbocycles. The standard InChI is InChI=1S/C14H17NO3/c1-8-6-11(12(18-3)7-9(8)2)10-4-5-13(16)15-14(10)17/h6-7,10H,4-5H2,1-3H3,(H,15,16,17). The first-order valence-electron chi connectivity index (χ1n) is 6.01. The van der Waals surface area contributed by atoms with Gasteiger partial charge in [0, 0.05) is 12.0 Å². The monoisotopic (exact) mass is 247 g/mol. The molecule has 1 fully saturated rings. The minimum absolute atomic E-state index is 0.195. The zero-order valence-corrected chi connectivity index (χ0v) is 10.9. The van der Waals surface area contributed by atoms with Crippen molar-refractivity contribution in [3.63, 3.8) is 0 Å². The number of piperidine rings is 1. The van der Waals surface area contributed by atoms with Crippen molar-refractivity contribution in [3.05, 3.63) is 28.8 Å². The second kappa shape index (κ2) is 4.80. The predicted octanol–water partition coefficient (Wildman–Crippen LogP) is 1.83. The van der Waals surface area contributed by atoms with Crippen LogP contribution in [-0.2, 0) is 9.59 Å². The van der Waals surface area contributed by atoms with Gasteiger partial charge in [0.1, 0.15) is 5.75 Å². The van der Waals surface area contributed by atoms with Gasteiger partial charge in [-0.3, -0.25) is 14.9 Å². The average molecular weight is 247 g/mol. The number of amides is 2. The van der Waals surface area contributed by atoms with Crippen LogP contribution in [0.4, 0.5) is 0 Å². The maximum atomic E-state index is 11.9. The first-order chi connectivity index (χ1) is 8.52. The largest absolute Gasteiger partial charge is 0.496 e. The normalized spacial score (nSPS) is 19.6.